The predicted octanol–water partition coefficient (Wildman–Crippen LogP) is 2.84. The van der Waals surface area contributed by atoms with E-state index >= 15 is 0 Å². The lowest BCUT2D eigenvalue weighted by Gasteiger charge is -2.34. The van der Waals surface area contributed by atoms with Crippen molar-refractivity contribution in [1.82, 2.24) is 19.0 Å². The van der Waals surface area contributed by atoms with E-state index in [4.69, 9.17) is 0 Å². The number of hydrogen-bond acceptors (Lipinski definition) is 4. The van der Waals surface area contributed by atoms with E-state index in [9.17, 15) is 13.2 Å². The maximum atomic E-state index is 12.8. The van der Waals surface area contributed by atoms with Crippen molar-refractivity contribution in [3.63, 3.8) is 0 Å². The van der Waals surface area contributed by atoms with Gasteiger partial charge in [-0.25, -0.2) is 8.42 Å². The van der Waals surface area contributed by atoms with Crippen LogP contribution in [0, 0.1) is 0 Å². The van der Waals surface area contributed by atoms with Crippen LogP contribution in [0.2, 0.25) is 0 Å². The van der Waals surface area contributed by atoms with Crippen molar-refractivity contribution in [1.29, 1.82) is 0 Å². The van der Waals surface area contributed by atoms with Crippen LogP contribution in [0.3, 0.4) is 0 Å². The first-order chi connectivity index (χ1) is 14.4. The molecule has 0 unspecified atom stereocenters. The second-order valence-electron chi connectivity index (χ2n) is 7.05. The van der Waals surface area contributed by atoms with Gasteiger partial charge in [-0.05, 0) is 42.0 Å². The fourth-order valence-corrected chi connectivity index (χ4v) is 5.44. The summed E-state index contributed by atoms with van der Waals surface area (Å²) in [6.07, 6.45) is 3.62. The number of halogens is 1. The number of carbonyl (C=O) groups is 1. The Labute approximate surface area is 184 Å². The molecule has 0 saturated carbocycles. The van der Waals surface area contributed by atoms with Crippen molar-refractivity contribution >= 4 is 31.9 Å². The van der Waals surface area contributed by atoms with E-state index in [2.05, 4.69) is 21.0 Å². The molecular weight excluding hydrogens is 468 g/mol. The van der Waals surface area contributed by atoms with Gasteiger partial charge in [0.1, 0.15) is 0 Å². The summed E-state index contributed by atoms with van der Waals surface area (Å²) in [5.74, 6) is -0.0832. The SMILES string of the molecule is O=C(c1ccc(Cn2cccn2)cc1)N1CCN(S(=O)(=O)c2cccc(Br)c2)CC1. The van der Waals surface area contributed by atoms with Crippen LogP contribution >= 0.6 is 15.9 Å². The molecular formula is C21H21BrN4O3S. The lowest BCUT2D eigenvalue weighted by atomic mass is 10.1. The van der Waals surface area contributed by atoms with Gasteiger partial charge in [0.25, 0.3) is 5.91 Å². The third-order valence-electron chi connectivity index (χ3n) is 5.06. The second-order valence-corrected chi connectivity index (χ2v) is 9.91. The number of aromatic nitrogens is 2. The Bertz CT molecular complexity index is 1120. The first-order valence-electron chi connectivity index (χ1n) is 9.55. The lowest BCUT2D eigenvalue weighted by Crippen LogP contribution is -2.50. The Morgan fingerprint density at radius 1 is 1.00 bits per heavy atom. The maximum Gasteiger partial charge on any atom is 0.253 e. The van der Waals surface area contributed by atoms with Gasteiger partial charge in [0, 0.05) is 48.6 Å². The largest absolute Gasteiger partial charge is 0.336 e. The van der Waals surface area contributed by atoms with E-state index in [1.165, 1.54) is 4.31 Å². The number of hydrogen-bond donors (Lipinski definition) is 0. The monoisotopic (exact) mass is 488 g/mol. The van der Waals surface area contributed by atoms with Crippen LogP contribution in [0.5, 0.6) is 0 Å². The minimum atomic E-state index is -3.57. The van der Waals surface area contributed by atoms with E-state index in [1.807, 2.05) is 41.2 Å². The minimum Gasteiger partial charge on any atom is -0.336 e. The van der Waals surface area contributed by atoms with E-state index in [0.29, 0.717) is 29.7 Å². The zero-order valence-corrected chi connectivity index (χ0v) is 18.6. The van der Waals surface area contributed by atoms with Crippen molar-refractivity contribution in [2.75, 3.05) is 26.2 Å². The number of benzene rings is 2. The molecule has 3 aromatic rings. The predicted molar refractivity (Wildman–Crippen MR) is 117 cm³/mol. The molecule has 1 aromatic heterocycles. The average molecular weight is 489 g/mol. The molecule has 2 aromatic carbocycles. The molecule has 1 aliphatic heterocycles. The molecule has 0 atom stereocenters. The molecule has 9 heteroatoms. The van der Waals surface area contributed by atoms with Crippen LogP contribution < -0.4 is 0 Å². The highest BCUT2D eigenvalue weighted by Gasteiger charge is 2.30. The van der Waals surface area contributed by atoms with Crippen molar-refractivity contribution in [2.24, 2.45) is 0 Å². The molecule has 0 bridgehead atoms. The van der Waals surface area contributed by atoms with E-state index in [-0.39, 0.29) is 23.9 Å². The molecule has 156 valence electrons. The summed E-state index contributed by atoms with van der Waals surface area (Å²) in [5, 5.41) is 4.18. The number of rotatable bonds is 5. The van der Waals surface area contributed by atoms with Crippen LogP contribution in [-0.4, -0.2) is 59.5 Å². The molecule has 2 heterocycles. The molecule has 0 radical (unpaired) electrons. The molecule has 7 nitrogen and oxygen atoms in total. The highest BCUT2D eigenvalue weighted by atomic mass is 79.9. The van der Waals surface area contributed by atoms with Gasteiger partial charge in [-0.2, -0.15) is 9.40 Å². The Morgan fingerprint density at radius 2 is 1.73 bits per heavy atom. The zero-order chi connectivity index (χ0) is 21.1. The van der Waals surface area contributed by atoms with Crippen molar-refractivity contribution < 1.29 is 13.2 Å². The third kappa shape index (κ3) is 4.48. The normalized spacial score (nSPS) is 15.3. The van der Waals surface area contributed by atoms with Crippen LogP contribution in [-0.2, 0) is 16.6 Å². The van der Waals surface area contributed by atoms with Gasteiger partial charge in [0.15, 0.2) is 0 Å². The van der Waals surface area contributed by atoms with Gasteiger partial charge in [-0.1, -0.05) is 34.1 Å². The average Bonchev–Trinajstić information content (AvgIpc) is 3.27. The molecule has 1 amide bonds. The van der Waals surface area contributed by atoms with E-state index in [0.717, 1.165) is 5.56 Å². The molecule has 0 spiro atoms. The number of piperazine rings is 1. The summed E-state index contributed by atoms with van der Waals surface area (Å²) in [7, 11) is -3.57. The van der Waals surface area contributed by atoms with Gasteiger partial charge >= 0.3 is 0 Å². The van der Waals surface area contributed by atoms with Crippen LogP contribution in [0.25, 0.3) is 0 Å². The number of carbonyl (C=O) groups excluding carboxylic acids is 1. The summed E-state index contributed by atoms with van der Waals surface area (Å²) in [6.45, 7) is 1.92. The summed E-state index contributed by atoms with van der Waals surface area (Å²) in [6, 6.07) is 16.0. The molecule has 1 fully saturated rings. The molecule has 0 aliphatic carbocycles. The Kier molecular flexibility index (Phi) is 6.03. The number of amides is 1. The highest BCUT2D eigenvalue weighted by molar-refractivity contribution is 9.10. The lowest BCUT2D eigenvalue weighted by molar-refractivity contribution is 0.0698. The van der Waals surface area contributed by atoms with Crippen LogP contribution in [0.4, 0.5) is 0 Å². The fourth-order valence-electron chi connectivity index (χ4n) is 3.42. The summed E-state index contributed by atoms with van der Waals surface area (Å²) >= 11 is 3.31. The second kappa shape index (κ2) is 8.71. The van der Waals surface area contributed by atoms with Gasteiger partial charge in [0.2, 0.25) is 10.0 Å². The van der Waals surface area contributed by atoms with Gasteiger partial charge < -0.3 is 4.90 Å². The Hall–Kier alpha value is -2.49. The smallest absolute Gasteiger partial charge is 0.253 e. The fraction of sp³-hybridized carbons (Fsp3) is 0.238. The maximum absolute atomic E-state index is 12.8. The van der Waals surface area contributed by atoms with Gasteiger partial charge in [0.05, 0.1) is 11.4 Å². The summed E-state index contributed by atoms with van der Waals surface area (Å²) in [5.41, 5.74) is 1.66. The van der Waals surface area contributed by atoms with Gasteiger partial charge in [-0.3, -0.25) is 9.48 Å². The standard InChI is InChI=1S/C21H21BrN4O3S/c22-19-3-1-4-20(15-19)30(28,29)26-13-11-24(12-14-26)21(27)18-7-5-17(6-8-18)16-25-10-2-9-23-25/h1-10,15H,11-14,16H2. The summed E-state index contributed by atoms with van der Waals surface area (Å²) < 4.78 is 29.7. The first kappa shape index (κ1) is 20.8. The number of nitrogens with zero attached hydrogens (tertiary/aromatic N) is 4. The summed E-state index contributed by atoms with van der Waals surface area (Å²) in [4.78, 5) is 14.8. The van der Waals surface area contributed by atoms with E-state index < -0.39 is 10.0 Å². The molecule has 0 N–H and O–H groups in total. The van der Waals surface area contributed by atoms with Crippen molar-refractivity contribution in [2.45, 2.75) is 11.4 Å². The Balaban J connectivity index is 1.38. The van der Waals surface area contributed by atoms with E-state index in [1.54, 1.807) is 35.4 Å². The highest BCUT2D eigenvalue weighted by Crippen LogP contribution is 2.21. The molecule has 1 saturated heterocycles. The van der Waals surface area contributed by atoms with Crippen molar-refractivity contribution in [3.8, 4) is 0 Å². The van der Waals surface area contributed by atoms with Crippen LogP contribution in [0.1, 0.15) is 15.9 Å². The minimum absolute atomic E-state index is 0.0832. The topological polar surface area (TPSA) is 75.5 Å². The molecule has 1 aliphatic rings. The van der Waals surface area contributed by atoms with Crippen LogP contribution in [0.15, 0.2) is 76.4 Å². The Morgan fingerprint density at radius 3 is 2.37 bits per heavy atom. The quantitative estimate of drug-likeness (QED) is 0.553. The molecule has 4 rings (SSSR count). The third-order valence-corrected chi connectivity index (χ3v) is 7.45. The van der Waals surface area contributed by atoms with Gasteiger partial charge in [-0.15, -0.1) is 0 Å². The number of sulfonamides is 1. The zero-order valence-electron chi connectivity index (χ0n) is 16.2. The molecule has 30 heavy (non-hydrogen) atoms. The van der Waals surface area contributed by atoms with Crippen molar-refractivity contribution in [3.05, 3.63) is 82.6 Å². The first-order valence-corrected chi connectivity index (χ1v) is 11.8.